The van der Waals surface area contributed by atoms with Gasteiger partial charge in [0.1, 0.15) is 0 Å². The number of carbonyl (C=O) groups excluding carboxylic acids is 1. The van der Waals surface area contributed by atoms with Gasteiger partial charge in [0, 0.05) is 12.0 Å². The minimum absolute atomic E-state index is 0.272. The minimum Gasteiger partial charge on any atom is -0.462 e. The van der Waals surface area contributed by atoms with Crippen molar-refractivity contribution in [3.8, 4) is 0 Å². The highest BCUT2D eigenvalue weighted by atomic mass is 32.3. The van der Waals surface area contributed by atoms with Crippen LogP contribution in [0.5, 0.6) is 0 Å². The third-order valence-electron chi connectivity index (χ3n) is 4.18. The topological polar surface area (TPSA) is 109 Å². The first-order valence-electron chi connectivity index (χ1n) is 9.26. The summed E-state index contributed by atoms with van der Waals surface area (Å²) in [5.41, 5.74) is -11.9. The molecular weight excluding hydrogens is 494 g/mol. The van der Waals surface area contributed by atoms with Crippen LogP contribution in [0.4, 0.5) is 26.3 Å². The van der Waals surface area contributed by atoms with Gasteiger partial charge in [-0.25, -0.2) is 21.6 Å². The maximum absolute atomic E-state index is 11.4. The van der Waals surface area contributed by atoms with Crippen molar-refractivity contribution >= 4 is 26.0 Å². The Labute approximate surface area is 184 Å². The van der Waals surface area contributed by atoms with Crippen LogP contribution in [0.3, 0.4) is 0 Å². The highest BCUT2D eigenvalue weighted by Gasteiger charge is 2.46. The number of ether oxygens (including phenoxy) is 1. The quantitative estimate of drug-likeness (QED) is 0.134. The molecule has 0 aromatic rings. The molecule has 0 atom stereocenters. The van der Waals surface area contributed by atoms with Gasteiger partial charge in [-0.3, -0.25) is 0 Å². The molecule has 8 nitrogen and oxygen atoms in total. The van der Waals surface area contributed by atoms with E-state index in [1.807, 2.05) is 0 Å². The smallest absolute Gasteiger partial charge is 0.462 e. The Morgan fingerprint density at radius 2 is 1.31 bits per heavy atom. The molecule has 0 spiro atoms. The van der Waals surface area contributed by atoms with E-state index in [0.29, 0.717) is 12.2 Å². The average Bonchev–Trinajstić information content (AvgIpc) is 2.62. The molecule has 0 bridgehead atoms. The summed E-state index contributed by atoms with van der Waals surface area (Å²) in [6.45, 7) is 17.0. The monoisotopic (exact) mass is 522 g/mol. The summed E-state index contributed by atoms with van der Waals surface area (Å²) in [6, 6.07) is 0. The fraction of sp³-hybridized carbons (Fsp3) is 0.812. The van der Waals surface area contributed by atoms with Crippen LogP contribution in [0, 0.1) is 0 Å². The molecule has 0 aromatic carbocycles. The van der Waals surface area contributed by atoms with E-state index in [-0.39, 0.29) is 5.97 Å². The molecular formula is C16H28F6N2O6S2. The lowest BCUT2D eigenvalue weighted by atomic mass is 10.2. The summed E-state index contributed by atoms with van der Waals surface area (Å²) in [4.78, 5) is 11.2. The fourth-order valence-electron chi connectivity index (χ4n) is 2.34. The molecule has 0 unspecified atom stereocenters. The van der Waals surface area contributed by atoms with Crippen LogP contribution in [0.1, 0.15) is 40.5 Å². The second kappa shape index (κ2) is 12.7. The number of esters is 1. The molecule has 0 rings (SSSR count). The van der Waals surface area contributed by atoms with Crippen molar-refractivity contribution in [2.45, 2.75) is 51.6 Å². The van der Waals surface area contributed by atoms with E-state index in [9.17, 15) is 48.0 Å². The Hall–Kier alpha value is -1.39. The summed E-state index contributed by atoms with van der Waals surface area (Å²) in [5.74, 6) is -0.272. The normalized spacial score (nSPS) is 13.2. The Bertz CT molecular complexity index is 777. The van der Waals surface area contributed by atoms with Gasteiger partial charge in [-0.1, -0.05) is 13.5 Å². The zero-order valence-corrected chi connectivity index (χ0v) is 19.7. The minimum atomic E-state index is -6.72. The van der Waals surface area contributed by atoms with Crippen LogP contribution < -0.4 is 0 Å². The van der Waals surface area contributed by atoms with Crippen LogP contribution >= 0.6 is 0 Å². The third kappa shape index (κ3) is 11.0. The molecule has 0 N–H and O–H groups in total. The largest absolute Gasteiger partial charge is 0.480 e. The van der Waals surface area contributed by atoms with Gasteiger partial charge in [0.15, 0.2) is 20.0 Å². The molecule has 0 aromatic heterocycles. The summed E-state index contributed by atoms with van der Waals surface area (Å²) in [7, 11) is -13.4. The van der Waals surface area contributed by atoms with E-state index in [0.717, 1.165) is 34.7 Å². The Balaban J connectivity index is 0. The number of halogens is 6. The molecule has 0 aliphatic rings. The lowest BCUT2D eigenvalue weighted by molar-refractivity contribution is -0.925. The second-order valence-corrected chi connectivity index (χ2v) is 10.0. The average molecular weight is 523 g/mol. The molecule has 16 heteroatoms. The summed E-state index contributed by atoms with van der Waals surface area (Å²) < 4.78 is 115. The molecule has 0 fully saturated rings. The third-order valence-corrected chi connectivity index (χ3v) is 6.92. The maximum Gasteiger partial charge on any atom is 0.480 e. The molecule has 0 aliphatic heterocycles. The van der Waals surface area contributed by atoms with E-state index >= 15 is 0 Å². The molecule has 0 saturated carbocycles. The summed E-state index contributed by atoms with van der Waals surface area (Å²) in [6.07, 6.45) is 2.13. The van der Waals surface area contributed by atoms with Crippen LogP contribution in [0.25, 0.3) is 4.13 Å². The maximum atomic E-state index is 11.4. The highest BCUT2D eigenvalue weighted by molar-refractivity contribution is 8.13. The van der Waals surface area contributed by atoms with Crippen molar-refractivity contribution in [2.24, 2.45) is 0 Å². The van der Waals surface area contributed by atoms with Crippen molar-refractivity contribution in [3.63, 3.8) is 0 Å². The number of rotatable bonds is 11. The number of sulfonamides is 2. The van der Waals surface area contributed by atoms with Crippen LogP contribution in [0.2, 0.25) is 0 Å². The van der Waals surface area contributed by atoms with E-state index < -0.39 is 31.1 Å². The second-order valence-electron chi connectivity index (χ2n) is 6.61. The van der Waals surface area contributed by atoms with Crippen molar-refractivity contribution in [3.05, 3.63) is 16.3 Å². The summed E-state index contributed by atoms with van der Waals surface area (Å²) in [5, 5.41) is 0. The zero-order chi connectivity index (χ0) is 26.0. The first kappa shape index (κ1) is 32.8. The standard InChI is InChI=1S/C14H28NO2.C2F6NO4S2/c1-6-10-15(7-2,8-3)11-9-12-17-14(16)13(4)5;3-1(4,5)14(10,11)9-15(12,13)2(6,7)8/h4,6-12H2,1-3,5H3;/q+1;-1. The Morgan fingerprint density at radius 1 is 0.906 bits per heavy atom. The first-order chi connectivity index (χ1) is 14.2. The van der Waals surface area contributed by atoms with Gasteiger partial charge in [-0.05, 0) is 27.2 Å². The number of hydrogen-bond donors (Lipinski definition) is 0. The van der Waals surface area contributed by atoms with Gasteiger partial charge in [-0.15, -0.1) is 0 Å². The van der Waals surface area contributed by atoms with E-state index in [1.54, 1.807) is 6.92 Å². The Morgan fingerprint density at radius 3 is 1.59 bits per heavy atom. The molecule has 32 heavy (non-hydrogen) atoms. The number of alkyl halides is 6. The van der Waals surface area contributed by atoms with Gasteiger partial charge >= 0.3 is 17.0 Å². The van der Waals surface area contributed by atoms with Crippen molar-refractivity contribution in [2.75, 3.05) is 32.8 Å². The van der Waals surface area contributed by atoms with Crippen LogP contribution in [-0.2, 0) is 29.6 Å². The van der Waals surface area contributed by atoms with E-state index in [4.69, 9.17) is 4.74 Å². The Kier molecular flexibility index (Phi) is 13.1. The van der Waals surface area contributed by atoms with Gasteiger partial charge in [0.25, 0.3) is 0 Å². The molecule has 0 heterocycles. The molecule has 192 valence electrons. The van der Waals surface area contributed by atoms with E-state index in [2.05, 4.69) is 27.4 Å². The number of carbonyl (C=O) groups is 1. The molecule has 0 radical (unpaired) electrons. The number of quaternary nitrogens is 1. The lowest BCUT2D eigenvalue weighted by Gasteiger charge is -2.36. The molecule has 0 amide bonds. The van der Waals surface area contributed by atoms with Crippen molar-refractivity contribution < 1.29 is 57.2 Å². The zero-order valence-electron chi connectivity index (χ0n) is 18.1. The van der Waals surface area contributed by atoms with E-state index in [1.165, 1.54) is 13.0 Å². The van der Waals surface area contributed by atoms with Gasteiger partial charge < -0.3 is 13.3 Å². The highest BCUT2D eigenvalue weighted by Crippen LogP contribution is 2.36. The van der Waals surface area contributed by atoms with Crippen molar-refractivity contribution in [1.29, 1.82) is 0 Å². The predicted octanol–water partition coefficient (Wildman–Crippen LogP) is 3.82. The van der Waals surface area contributed by atoms with Crippen LogP contribution in [-0.4, -0.2) is 71.1 Å². The number of nitrogens with zero attached hydrogens (tertiary/aromatic N) is 2. The van der Waals surface area contributed by atoms with Crippen molar-refractivity contribution in [1.82, 2.24) is 0 Å². The van der Waals surface area contributed by atoms with Gasteiger partial charge in [-0.2, -0.15) is 26.3 Å². The summed E-state index contributed by atoms with van der Waals surface area (Å²) >= 11 is 0. The lowest BCUT2D eigenvalue weighted by Crippen LogP contribution is -2.49. The van der Waals surface area contributed by atoms with Gasteiger partial charge in [0.05, 0.1) is 32.8 Å². The molecule has 0 saturated heterocycles. The first-order valence-corrected chi connectivity index (χ1v) is 12.1. The molecule has 0 aliphatic carbocycles. The fourth-order valence-corrected chi connectivity index (χ4v) is 4.05. The SMILES string of the molecule is C=C(C)C(=O)OCCC[N+](CC)(CC)CCC.O=S(=O)([N-]S(=O)(=O)C(F)(F)F)C(F)(F)F. The number of hydrogen-bond acceptors (Lipinski definition) is 6. The predicted molar refractivity (Wildman–Crippen MR) is 105 cm³/mol. The van der Waals surface area contributed by atoms with Gasteiger partial charge in [0.2, 0.25) is 0 Å². The van der Waals surface area contributed by atoms with Crippen LogP contribution in [0.15, 0.2) is 12.2 Å².